The fraction of sp³-hybridized carbons (Fsp3) is 0.222. The van der Waals surface area contributed by atoms with Gasteiger partial charge in [0.2, 0.25) is 0 Å². The predicted octanol–water partition coefficient (Wildman–Crippen LogP) is 1.08. The topological polar surface area (TPSA) is 63.3 Å². The smallest absolute Gasteiger partial charge is 0.328 e. The van der Waals surface area contributed by atoms with E-state index in [0.717, 1.165) is 0 Å². The molecule has 1 aromatic rings. The van der Waals surface area contributed by atoms with E-state index in [-0.39, 0.29) is 0 Å². The molecule has 1 aromatic carbocycles. The Labute approximate surface area is 75.0 Å². The number of hydrogen-bond acceptors (Lipinski definition) is 2. The van der Waals surface area contributed by atoms with Gasteiger partial charge in [-0.15, -0.1) is 0 Å². The number of carboxylic acid groups (broad SMARTS) is 1. The maximum absolute atomic E-state index is 12.5. The van der Waals surface area contributed by atoms with Gasteiger partial charge in [-0.25, -0.2) is 9.18 Å². The van der Waals surface area contributed by atoms with Crippen LogP contribution in [-0.4, -0.2) is 11.1 Å². The highest BCUT2D eigenvalue weighted by atomic mass is 19.1. The van der Waals surface area contributed by atoms with Crippen LogP contribution in [0, 0.1) is 5.82 Å². The highest BCUT2D eigenvalue weighted by molar-refractivity contribution is 5.79. The molecule has 0 radical (unpaired) electrons. The zero-order valence-electron chi connectivity index (χ0n) is 7.12. The number of hydrogen-bond donors (Lipinski definition) is 2. The van der Waals surface area contributed by atoms with E-state index in [1.165, 1.54) is 31.2 Å². The summed E-state index contributed by atoms with van der Waals surface area (Å²) < 4.78 is 12.5. The monoisotopic (exact) mass is 183 g/mol. The van der Waals surface area contributed by atoms with Gasteiger partial charge in [0.25, 0.3) is 0 Å². The summed E-state index contributed by atoms with van der Waals surface area (Å²) in [6.45, 7) is 1.36. The molecule has 13 heavy (non-hydrogen) atoms. The molecule has 0 aromatic heterocycles. The van der Waals surface area contributed by atoms with Crippen molar-refractivity contribution in [2.75, 3.05) is 0 Å². The van der Waals surface area contributed by atoms with Crippen molar-refractivity contribution < 1.29 is 14.3 Å². The molecule has 1 rings (SSSR count). The molecule has 0 heterocycles. The number of rotatable bonds is 2. The lowest BCUT2D eigenvalue weighted by molar-refractivity contribution is -0.143. The van der Waals surface area contributed by atoms with Gasteiger partial charge in [-0.3, -0.25) is 0 Å². The minimum Gasteiger partial charge on any atom is -0.480 e. The van der Waals surface area contributed by atoms with E-state index in [2.05, 4.69) is 0 Å². The third kappa shape index (κ3) is 1.84. The minimum atomic E-state index is -1.46. The van der Waals surface area contributed by atoms with Crippen molar-refractivity contribution in [2.45, 2.75) is 12.5 Å². The SMILES string of the molecule is CC(N)(C(=O)O)c1ccc(F)cc1. The highest BCUT2D eigenvalue weighted by Crippen LogP contribution is 2.17. The average Bonchev–Trinajstić information content (AvgIpc) is 2.04. The Morgan fingerprint density at radius 1 is 1.46 bits per heavy atom. The van der Waals surface area contributed by atoms with E-state index < -0.39 is 17.3 Å². The number of halogens is 1. The average molecular weight is 183 g/mol. The van der Waals surface area contributed by atoms with Gasteiger partial charge in [0.05, 0.1) is 0 Å². The van der Waals surface area contributed by atoms with Crippen LogP contribution in [0.1, 0.15) is 12.5 Å². The maximum Gasteiger partial charge on any atom is 0.328 e. The van der Waals surface area contributed by atoms with E-state index >= 15 is 0 Å². The summed E-state index contributed by atoms with van der Waals surface area (Å²) in [5.74, 6) is -1.55. The summed E-state index contributed by atoms with van der Waals surface area (Å²) in [7, 11) is 0. The number of aliphatic carboxylic acids is 1. The molecule has 0 aliphatic rings. The molecule has 4 heteroatoms. The van der Waals surface area contributed by atoms with E-state index in [9.17, 15) is 9.18 Å². The molecule has 0 fully saturated rings. The number of carbonyl (C=O) groups is 1. The van der Waals surface area contributed by atoms with E-state index in [1.807, 2.05) is 0 Å². The molecule has 0 saturated heterocycles. The van der Waals surface area contributed by atoms with Gasteiger partial charge in [0, 0.05) is 0 Å². The first-order valence-electron chi connectivity index (χ1n) is 3.73. The second-order valence-electron chi connectivity index (χ2n) is 3.01. The molecular formula is C9H10FNO2. The Bertz CT molecular complexity index is 319. The van der Waals surface area contributed by atoms with Gasteiger partial charge in [-0.05, 0) is 24.6 Å². The van der Waals surface area contributed by atoms with Crippen molar-refractivity contribution in [1.82, 2.24) is 0 Å². The molecule has 1 atom stereocenters. The van der Waals surface area contributed by atoms with E-state index in [4.69, 9.17) is 10.8 Å². The van der Waals surface area contributed by atoms with Crippen molar-refractivity contribution in [2.24, 2.45) is 5.73 Å². The van der Waals surface area contributed by atoms with Crippen LogP contribution in [0.25, 0.3) is 0 Å². The zero-order valence-corrected chi connectivity index (χ0v) is 7.12. The maximum atomic E-state index is 12.5. The van der Waals surface area contributed by atoms with Crippen LogP contribution in [0.5, 0.6) is 0 Å². The summed E-state index contributed by atoms with van der Waals surface area (Å²) in [6, 6.07) is 5.10. The summed E-state index contributed by atoms with van der Waals surface area (Å²) in [4.78, 5) is 10.7. The standard InChI is InChI=1S/C9H10FNO2/c1-9(11,8(12)13)6-2-4-7(10)5-3-6/h2-5H,11H2,1H3,(H,12,13). The molecule has 0 amide bonds. The van der Waals surface area contributed by atoms with E-state index in [0.29, 0.717) is 5.56 Å². The van der Waals surface area contributed by atoms with Crippen LogP contribution in [0.2, 0.25) is 0 Å². The lowest BCUT2D eigenvalue weighted by Gasteiger charge is -2.19. The summed E-state index contributed by atoms with van der Waals surface area (Å²) >= 11 is 0. The van der Waals surface area contributed by atoms with Crippen molar-refractivity contribution in [3.05, 3.63) is 35.6 Å². The Morgan fingerprint density at radius 3 is 2.31 bits per heavy atom. The fourth-order valence-electron chi connectivity index (χ4n) is 0.920. The van der Waals surface area contributed by atoms with Gasteiger partial charge in [0.15, 0.2) is 0 Å². The van der Waals surface area contributed by atoms with E-state index in [1.54, 1.807) is 0 Å². The number of nitrogens with two attached hydrogens (primary N) is 1. The summed E-state index contributed by atoms with van der Waals surface area (Å²) in [5.41, 5.74) is 4.42. The summed E-state index contributed by atoms with van der Waals surface area (Å²) in [5, 5.41) is 8.75. The van der Waals surface area contributed by atoms with Crippen LogP contribution in [-0.2, 0) is 10.3 Å². The first-order chi connectivity index (χ1) is 5.94. The van der Waals surface area contributed by atoms with Crippen LogP contribution < -0.4 is 5.73 Å². The van der Waals surface area contributed by atoms with Crippen LogP contribution in [0.15, 0.2) is 24.3 Å². The van der Waals surface area contributed by atoms with Crippen LogP contribution >= 0.6 is 0 Å². The highest BCUT2D eigenvalue weighted by Gasteiger charge is 2.29. The Balaban J connectivity index is 3.08. The molecule has 1 unspecified atom stereocenters. The minimum absolute atomic E-state index is 0.376. The second kappa shape index (κ2) is 3.14. The molecule has 0 saturated carbocycles. The molecule has 70 valence electrons. The largest absolute Gasteiger partial charge is 0.480 e. The zero-order chi connectivity index (χ0) is 10.1. The Hall–Kier alpha value is -1.42. The van der Waals surface area contributed by atoms with Crippen molar-refractivity contribution in [1.29, 1.82) is 0 Å². The van der Waals surface area contributed by atoms with Gasteiger partial charge in [0.1, 0.15) is 11.4 Å². The third-order valence-electron chi connectivity index (χ3n) is 1.89. The third-order valence-corrected chi connectivity index (χ3v) is 1.89. The Kier molecular flexibility index (Phi) is 2.34. The normalized spacial score (nSPS) is 15.0. The summed E-state index contributed by atoms with van der Waals surface area (Å²) in [6.07, 6.45) is 0. The second-order valence-corrected chi connectivity index (χ2v) is 3.01. The lowest BCUT2D eigenvalue weighted by atomic mass is 9.94. The van der Waals surface area contributed by atoms with Crippen LogP contribution in [0.4, 0.5) is 4.39 Å². The molecule has 3 N–H and O–H groups in total. The van der Waals surface area contributed by atoms with Crippen molar-refractivity contribution in [3.8, 4) is 0 Å². The van der Waals surface area contributed by atoms with Gasteiger partial charge < -0.3 is 10.8 Å². The van der Waals surface area contributed by atoms with Gasteiger partial charge >= 0.3 is 5.97 Å². The van der Waals surface area contributed by atoms with Crippen LogP contribution in [0.3, 0.4) is 0 Å². The molecule has 0 aliphatic carbocycles. The molecule has 0 aliphatic heterocycles. The molecule has 0 bridgehead atoms. The van der Waals surface area contributed by atoms with Gasteiger partial charge in [-0.2, -0.15) is 0 Å². The van der Waals surface area contributed by atoms with Gasteiger partial charge in [-0.1, -0.05) is 12.1 Å². The number of carboxylic acids is 1. The molecule has 0 spiro atoms. The molecular weight excluding hydrogens is 173 g/mol. The first kappa shape index (κ1) is 9.67. The molecule has 3 nitrogen and oxygen atoms in total. The number of benzene rings is 1. The fourth-order valence-corrected chi connectivity index (χ4v) is 0.920. The van der Waals surface area contributed by atoms with Crippen molar-refractivity contribution in [3.63, 3.8) is 0 Å². The first-order valence-corrected chi connectivity index (χ1v) is 3.73. The van der Waals surface area contributed by atoms with Crippen molar-refractivity contribution >= 4 is 5.97 Å². The lowest BCUT2D eigenvalue weighted by Crippen LogP contribution is -2.41. The predicted molar refractivity (Wildman–Crippen MR) is 45.6 cm³/mol. The quantitative estimate of drug-likeness (QED) is 0.721. The Morgan fingerprint density at radius 2 is 1.92 bits per heavy atom.